The third kappa shape index (κ3) is 3.86. The molecular weight excluding hydrogens is 312 g/mol. The molecule has 1 atom stereocenters. The highest BCUT2D eigenvalue weighted by molar-refractivity contribution is 9.10. The molecule has 19 heavy (non-hydrogen) atoms. The van der Waals surface area contributed by atoms with Crippen LogP contribution in [0, 0.1) is 0 Å². The lowest BCUT2D eigenvalue weighted by molar-refractivity contribution is -0.121. The van der Waals surface area contributed by atoms with Gasteiger partial charge < -0.3 is 5.11 Å². The number of hydrogen-bond donors (Lipinski definition) is 2. The number of halogens is 1. The summed E-state index contributed by atoms with van der Waals surface area (Å²) in [5.74, 6) is -0.771. The summed E-state index contributed by atoms with van der Waals surface area (Å²) in [4.78, 5) is 25.4. The Balaban J connectivity index is 1.89. The molecule has 1 fully saturated rings. The van der Waals surface area contributed by atoms with E-state index >= 15 is 0 Å². The number of imide groups is 1. The lowest BCUT2D eigenvalue weighted by Gasteiger charge is -2.14. The van der Waals surface area contributed by atoms with Crippen molar-refractivity contribution in [1.82, 2.24) is 10.2 Å². The molecule has 2 amide bonds. The number of carbonyl (C=O) groups is 2. The van der Waals surface area contributed by atoms with Crippen LogP contribution < -0.4 is 5.32 Å². The van der Waals surface area contributed by atoms with Crippen molar-refractivity contribution in [3.63, 3.8) is 0 Å². The maximum atomic E-state index is 11.9. The predicted octanol–water partition coefficient (Wildman–Crippen LogP) is 0.772. The number of amides is 2. The predicted molar refractivity (Wildman–Crippen MR) is 73.7 cm³/mol. The molecule has 0 bridgehead atoms. The van der Waals surface area contributed by atoms with Crippen LogP contribution in [0.25, 0.3) is 0 Å². The van der Waals surface area contributed by atoms with E-state index in [0.717, 1.165) is 0 Å². The maximum Gasteiger partial charge on any atom is 0.259 e. The first-order chi connectivity index (χ1) is 9.06. The van der Waals surface area contributed by atoms with E-state index in [0.29, 0.717) is 29.5 Å². The molecule has 1 saturated heterocycles. The molecule has 0 spiro atoms. The van der Waals surface area contributed by atoms with Gasteiger partial charge in [0.15, 0.2) is 0 Å². The number of hydrogen-bond acceptors (Lipinski definition) is 4. The second kappa shape index (κ2) is 6.27. The van der Waals surface area contributed by atoms with Crippen molar-refractivity contribution >= 4 is 27.7 Å². The molecule has 1 aliphatic rings. The van der Waals surface area contributed by atoms with Crippen molar-refractivity contribution in [2.45, 2.75) is 12.5 Å². The van der Waals surface area contributed by atoms with Crippen molar-refractivity contribution < 1.29 is 14.7 Å². The van der Waals surface area contributed by atoms with Gasteiger partial charge in [-0.3, -0.25) is 19.8 Å². The van der Waals surface area contributed by atoms with Gasteiger partial charge in [-0.05, 0) is 34.5 Å². The fourth-order valence-corrected chi connectivity index (χ4v) is 2.50. The van der Waals surface area contributed by atoms with Crippen LogP contribution in [0.5, 0.6) is 0 Å². The first-order valence-electron chi connectivity index (χ1n) is 6.05. The molecule has 5 nitrogen and oxygen atoms in total. The van der Waals surface area contributed by atoms with Gasteiger partial charge in [-0.1, -0.05) is 12.1 Å². The Bertz CT molecular complexity index is 493. The number of benzene rings is 1. The van der Waals surface area contributed by atoms with E-state index in [4.69, 9.17) is 0 Å². The van der Waals surface area contributed by atoms with E-state index in [1.807, 2.05) is 4.90 Å². The van der Waals surface area contributed by atoms with Gasteiger partial charge >= 0.3 is 0 Å². The van der Waals surface area contributed by atoms with Crippen molar-refractivity contribution in [3.8, 4) is 0 Å². The molecule has 0 saturated carbocycles. The van der Waals surface area contributed by atoms with Gasteiger partial charge in [-0.15, -0.1) is 0 Å². The monoisotopic (exact) mass is 326 g/mol. The third-order valence-electron chi connectivity index (χ3n) is 2.99. The fraction of sp³-hybridized carbons (Fsp3) is 0.385. The Morgan fingerprint density at radius 2 is 2.16 bits per heavy atom. The molecule has 102 valence electrons. The van der Waals surface area contributed by atoms with Crippen LogP contribution in [0.3, 0.4) is 0 Å². The van der Waals surface area contributed by atoms with Crippen LogP contribution in [0.15, 0.2) is 28.7 Å². The number of likely N-dealkylation sites (tertiary alicyclic amines) is 1. The Morgan fingerprint density at radius 1 is 1.42 bits per heavy atom. The van der Waals surface area contributed by atoms with Crippen LogP contribution >= 0.6 is 15.9 Å². The molecule has 1 aromatic carbocycles. The first kappa shape index (κ1) is 14.2. The molecule has 6 heteroatoms. The summed E-state index contributed by atoms with van der Waals surface area (Å²) in [6.45, 7) is 1.29. The fourth-order valence-electron chi connectivity index (χ4n) is 2.04. The Morgan fingerprint density at radius 3 is 2.79 bits per heavy atom. The SMILES string of the molecule is O=C(CN1CCC(O)C1)NC(=O)c1ccccc1Br. The van der Waals surface area contributed by atoms with Gasteiger partial charge in [-0.2, -0.15) is 0 Å². The van der Waals surface area contributed by atoms with Crippen molar-refractivity contribution in [3.05, 3.63) is 34.3 Å². The van der Waals surface area contributed by atoms with Gasteiger partial charge in [-0.25, -0.2) is 0 Å². The number of rotatable bonds is 3. The van der Waals surface area contributed by atoms with Crippen LogP contribution in [-0.2, 0) is 4.79 Å². The van der Waals surface area contributed by atoms with Crippen molar-refractivity contribution in [1.29, 1.82) is 0 Å². The molecule has 0 aromatic heterocycles. The minimum absolute atomic E-state index is 0.132. The summed E-state index contributed by atoms with van der Waals surface area (Å²) in [5.41, 5.74) is 0.428. The Hall–Kier alpha value is -1.24. The average molecular weight is 327 g/mol. The molecule has 1 aliphatic heterocycles. The molecule has 2 rings (SSSR count). The molecule has 2 N–H and O–H groups in total. The van der Waals surface area contributed by atoms with Crippen LogP contribution in [0.4, 0.5) is 0 Å². The van der Waals surface area contributed by atoms with Gasteiger partial charge in [0, 0.05) is 17.6 Å². The molecule has 1 heterocycles. The lowest BCUT2D eigenvalue weighted by atomic mass is 10.2. The topological polar surface area (TPSA) is 69.6 Å². The molecule has 0 radical (unpaired) electrons. The zero-order chi connectivity index (χ0) is 13.8. The Kier molecular flexibility index (Phi) is 4.68. The first-order valence-corrected chi connectivity index (χ1v) is 6.84. The summed E-state index contributed by atoms with van der Waals surface area (Å²) in [5, 5.41) is 11.7. The zero-order valence-electron chi connectivity index (χ0n) is 10.3. The van der Waals surface area contributed by atoms with Gasteiger partial charge in [0.05, 0.1) is 18.2 Å². The van der Waals surface area contributed by atoms with E-state index in [1.54, 1.807) is 24.3 Å². The van der Waals surface area contributed by atoms with Crippen LogP contribution in [0.2, 0.25) is 0 Å². The number of β-amino-alcohol motifs (C(OH)–C–C–N with tert-alkyl or cyclic N) is 1. The average Bonchev–Trinajstić information content (AvgIpc) is 2.74. The van der Waals surface area contributed by atoms with E-state index in [-0.39, 0.29) is 18.6 Å². The highest BCUT2D eigenvalue weighted by Crippen LogP contribution is 2.15. The minimum atomic E-state index is -0.419. The van der Waals surface area contributed by atoms with E-state index < -0.39 is 5.91 Å². The second-order valence-corrected chi connectivity index (χ2v) is 5.39. The minimum Gasteiger partial charge on any atom is -0.392 e. The highest BCUT2D eigenvalue weighted by atomic mass is 79.9. The molecular formula is C13H15BrN2O3. The van der Waals surface area contributed by atoms with Crippen molar-refractivity contribution in [2.75, 3.05) is 19.6 Å². The summed E-state index contributed by atoms with van der Waals surface area (Å²) in [7, 11) is 0. The third-order valence-corrected chi connectivity index (χ3v) is 3.68. The summed E-state index contributed by atoms with van der Waals surface area (Å²) in [6, 6.07) is 6.93. The molecule has 1 unspecified atom stereocenters. The van der Waals surface area contributed by atoms with E-state index in [1.165, 1.54) is 0 Å². The van der Waals surface area contributed by atoms with Crippen LogP contribution in [0.1, 0.15) is 16.8 Å². The van der Waals surface area contributed by atoms with Gasteiger partial charge in [0.25, 0.3) is 5.91 Å². The van der Waals surface area contributed by atoms with E-state index in [2.05, 4.69) is 21.2 Å². The number of nitrogens with zero attached hydrogens (tertiary/aromatic N) is 1. The van der Waals surface area contributed by atoms with Gasteiger partial charge in [0.1, 0.15) is 0 Å². The Labute approximate surface area is 119 Å². The maximum absolute atomic E-state index is 11.9. The lowest BCUT2D eigenvalue weighted by Crippen LogP contribution is -2.39. The smallest absolute Gasteiger partial charge is 0.259 e. The number of carbonyl (C=O) groups excluding carboxylic acids is 2. The summed E-state index contributed by atoms with van der Waals surface area (Å²) >= 11 is 3.27. The van der Waals surface area contributed by atoms with Crippen molar-refractivity contribution in [2.24, 2.45) is 0 Å². The molecule has 1 aromatic rings. The normalized spacial score (nSPS) is 19.4. The number of aliphatic hydroxyl groups is 1. The number of aliphatic hydroxyl groups excluding tert-OH is 1. The molecule has 0 aliphatic carbocycles. The van der Waals surface area contributed by atoms with E-state index in [9.17, 15) is 14.7 Å². The summed E-state index contributed by atoms with van der Waals surface area (Å²) in [6.07, 6.45) is 0.303. The summed E-state index contributed by atoms with van der Waals surface area (Å²) < 4.78 is 0.650. The van der Waals surface area contributed by atoms with Gasteiger partial charge in [0.2, 0.25) is 5.91 Å². The second-order valence-electron chi connectivity index (χ2n) is 4.53. The van der Waals surface area contributed by atoms with Crippen LogP contribution in [-0.4, -0.2) is 47.6 Å². The number of nitrogens with one attached hydrogen (secondary N) is 1. The largest absolute Gasteiger partial charge is 0.392 e. The standard InChI is InChI=1S/C13H15BrN2O3/c14-11-4-2-1-3-10(11)13(19)15-12(18)8-16-6-5-9(17)7-16/h1-4,9,17H,5-8H2,(H,15,18,19). The zero-order valence-corrected chi connectivity index (χ0v) is 11.9. The highest BCUT2D eigenvalue weighted by Gasteiger charge is 2.23. The quantitative estimate of drug-likeness (QED) is 0.861.